The van der Waals surface area contributed by atoms with Crippen molar-refractivity contribution in [2.45, 2.75) is 6.54 Å². The van der Waals surface area contributed by atoms with Crippen molar-refractivity contribution in [1.29, 1.82) is 0 Å². The van der Waals surface area contributed by atoms with E-state index < -0.39 is 0 Å². The van der Waals surface area contributed by atoms with Gasteiger partial charge in [0.15, 0.2) is 0 Å². The molecule has 0 bridgehead atoms. The molecule has 0 aliphatic carbocycles. The minimum atomic E-state index is 0.673. The summed E-state index contributed by atoms with van der Waals surface area (Å²) in [5.41, 5.74) is 3.62. The van der Waals surface area contributed by atoms with Crippen molar-refractivity contribution in [3.8, 4) is 0 Å². The Morgan fingerprint density at radius 3 is 2.89 bits per heavy atom. The molecule has 0 saturated heterocycles. The Bertz CT molecular complexity index is 719. The van der Waals surface area contributed by atoms with E-state index in [1.165, 1.54) is 0 Å². The average molecular weight is 394 g/mol. The summed E-state index contributed by atoms with van der Waals surface area (Å²) in [6.07, 6.45) is 0. The zero-order valence-electron chi connectivity index (χ0n) is 9.41. The highest BCUT2D eigenvalue weighted by Gasteiger charge is 2.10. The Hall–Kier alpha value is -0.330. The van der Waals surface area contributed by atoms with E-state index >= 15 is 0 Å². The maximum Gasteiger partial charge on any atom is 0.107 e. The van der Waals surface area contributed by atoms with Crippen LogP contribution in [0.4, 0.5) is 5.69 Å². The number of aromatic nitrogens is 1. The Morgan fingerprint density at radius 1 is 1.32 bits per heavy atom. The number of rotatable bonds is 3. The number of thiophene rings is 1. The Morgan fingerprint density at radius 2 is 2.16 bits per heavy atom. The first-order chi connectivity index (χ1) is 9.15. The van der Waals surface area contributed by atoms with Gasteiger partial charge in [-0.3, -0.25) is 0 Å². The van der Waals surface area contributed by atoms with E-state index in [0.717, 1.165) is 29.6 Å². The zero-order chi connectivity index (χ0) is 13.4. The van der Waals surface area contributed by atoms with Crippen molar-refractivity contribution in [3.05, 3.63) is 42.4 Å². The van der Waals surface area contributed by atoms with Crippen molar-refractivity contribution in [1.82, 2.24) is 4.98 Å². The van der Waals surface area contributed by atoms with Crippen LogP contribution >= 0.6 is 61.8 Å². The Kier molecular flexibility index (Phi) is 4.01. The van der Waals surface area contributed by atoms with Crippen molar-refractivity contribution in [2.75, 3.05) is 5.32 Å². The van der Waals surface area contributed by atoms with Crippen LogP contribution in [0.1, 0.15) is 4.88 Å². The van der Waals surface area contributed by atoms with Crippen LogP contribution in [0.25, 0.3) is 10.2 Å². The van der Waals surface area contributed by atoms with Gasteiger partial charge in [-0.2, -0.15) is 0 Å². The molecule has 3 aromatic rings. The Balaban J connectivity index is 1.89. The summed E-state index contributed by atoms with van der Waals surface area (Å²) < 4.78 is 2.81. The molecular weight excluding hydrogens is 387 g/mol. The van der Waals surface area contributed by atoms with Crippen LogP contribution in [0.2, 0.25) is 9.36 Å². The molecule has 0 radical (unpaired) electrons. The summed E-state index contributed by atoms with van der Waals surface area (Å²) in [6, 6.07) is 5.88. The highest BCUT2D eigenvalue weighted by molar-refractivity contribution is 9.10. The van der Waals surface area contributed by atoms with Gasteiger partial charge in [-0.25, -0.2) is 4.98 Å². The predicted molar refractivity (Wildman–Crippen MR) is 89.0 cm³/mol. The molecule has 2 aromatic heterocycles. The lowest BCUT2D eigenvalue weighted by atomic mass is 10.3. The molecule has 0 atom stereocenters. The van der Waals surface area contributed by atoms with E-state index in [0.29, 0.717) is 11.6 Å². The molecule has 7 heteroatoms. The van der Waals surface area contributed by atoms with E-state index in [1.807, 2.05) is 23.7 Å². The second-order valence-corrected chi connectivity index (χ2v) is 7.70. The smallest absolute Gasteiger partial charge is 0.107 e. The second kappa shape index (κ2) is 5.58. The second-order valence-electron chi connectivity index (χ2n) is 3.81. The fraction of sp³-hybridized carbons (Fsp3) is 0.0833. The molecule has 0 amide bonds. The topological polar surface area (TPSA) is 24.9 Å². The quantitative estimate of drug-likeness (QED) is 0.586. The fourth-order valence-corrected chi connectivity index (χ4v) is 4.36. The van der Waals surface area contributed by atoms with Gasteiger partial charge in [0, 0.05) is 15.9 Å². The van der Waals surface area contributed by atoms with E-state index in [-0.39, 0.29) is 0 Å². The first kappa shape index (κ1) is 13.6. The normalized spacial score (nSPS) is 11.1. The third kappa shape index (κ3) is 2.76. The van der Waals surface area contributed by atoms with Gasteiger partial charge in [0.25, 0.3) is 0 Å². The van der Waals surface area contributed by atoms with Crippen molar-refractivity contribution >= 4 is 77.7 Å². The summed E-state index contributed by atoms with van der Waals surface area (Å²) in [7, 11) is 0. The minimum Gasteiger partial charge on any atom is -0.377 e. The molecule has 0 fully saturated rings. The van der Waals surface area contributed by atoms with Gasteiger partial charge in [-0.15, -0.1) is 22.7 Å². The fourth-order valence-electron chi connectivity index (χ4n) is 1.73. The van der Waals surface area contributed by atoms with Crippen molar-refractivity contribution in [2.24, 2.45) is 0 Å². The standard InChI is InChI=1S/C12H7BrCl2N2S2/c13-7-3-6(19-12(7)15)4-16-10-8(14)1-2-9-11(10)17-5-18-9/h1-3,5,16H,4H2. The molecule has 19 heavy (non-hydrogen) atoms. The molecule has 0 aliphatic heterocycles. The first-order valence-corrected chi connectivity index (χ1v) is 8.59. The highest BCUT2D eigenvalue weighted by Crippen LogP contribution is 2.35. The largest absolute Gasteiger partial charge is 0.377 e. The number of nitrogens with zero attached hydrogens (tertiary/aromatic N) is 1. The molecular formula is C12H7BrCl2N2S2. The number of hydrogen-bond acceptors (Lipinski definition) is 4. The summed E-state index contributed by atoms with van der Waals surface area (Å²) in [5.74, 6) is 0. The number of benzene rings is 1. The van der Waals surface area contributed by atoms with Crippen LogP contribution < -0.4 is 5.32 Å². The molecule has 2 heterocycles. The van der Waals surface area contributed by atoms with Gasteiger partial charge in [0.2, 0.25) is 0 Å². The number of hydrogen-bond donors (Lipinski definition) is 1. The summed E-state index contributed by atoms with van der Waals surface area (Å²) in [6.45, 7) is 0.673. The lowest BCUT2D eigenvalue weighted by Crippen LogP contribution is -1.98. The monoisotopic (exact) mass is 392 g/mol. The number of halogens is 3. The molecule has 1 N–H and O–H groups in total. The van der Waals surface area contributed by atoms with Gasteiger partial charge < -0.3 is 5.32 Å². The summed E-state index contributed by atoms with van der Waals surface area (Å²) in [4.78, 5) is 5.49. The number of nitrogens with one attached hydrogen (secondary N) is 1. The Labute approximate surface area is 136 Å². The molecule has 2 nitrogen and oxygen atoms in total. The van der Waals surface area contributed by atoms with Gasteiger partial charge >= 0.3 is 0 Å². The summed E-state index contributed by atoms with van der Waals surface area (Å²) in [5, 5.41) is 4.02. The van der Waals surface area contributed by atoms with E-state index in [1.54, 1.807) is 22.7 Å². The van der Waals surface area contributed by atoms with Gasteiger partial charge in [-0.1, -0.05) is 23.2 Å². The molecule has 1 aromatic carbocycles. The minimum absolute atomic E-state index is 0.673. The van der Waals surface area contributed by atoms with Crippen molar-refractivity contribution < 1.29 is 0 Å². The maximum absolute atomic E-state index is 6.23. The van der Waals surface area contributed by atoms with E-state index in [9.17, 15) is 0 Å². The molecule has 0 spiro atoms. The average Bonchev–Trinajstić information content (AvgIpc) is 2.96. The van der Waals surface area contributed by atoms with Gasteiger partial charge in [-0.05, 0) is 34.1 Å². The number of anilines is 1. The molecule has 98 valence electrons. The molecule has 0 aliphatic rings. The van der Waals surface area contributed by atoms with E-state index in [2.05, 4.69) is 26.2 Å². The van der Waals surface area contributed by atoms with Crippen LogP contribution in [0.15, 0.2) is 28.2 Å². The zero-order valence-corrected chi connectivity index (χ0v) is 14.1. The lowest BCUT2D eigenvalue weighted by molar-refractivity contribution is 1.19. The predicted octanol–water partition coefficient (Wildman–Crippen LogP) is 6.04. The van der Waals surface area contributed by atoms with Crippen molar-refractivity contribution in [3.63, 3.8) is 0 Å². The molecule has 0 unspecified atom stereocenters. The number of thiazole rings is 1. The van der Waals surface area contributed by atoms with Crippen LogP contribution in [0, 0.1) is 0 Å². The highest BCUT2D eigenvalue weighted by atomic mass is 79.9. The first-order valence-electron chi connectivity index (χ1n) is 5.34. The lowest BCUT2D eigenvalue weighted by Gasteiger charge is -2.07. The van der Waals surface area contributed by atoms with Crippen LogP contribution in [-0.4, -0.2) is 4.98 Å². The molecule has 3 rings (SSSR count). The third-order valence-electron chi connectivity index (χ3n) is 2.59. The summed E-state index contributed by atoms with van der Waals surface area (Å²) >= 11 is 18.8. The number of fused-ring (bicyclic) bond motifs is 1. The van der Waals surface area contributed by atoms with Crippen LogP contribution in [-0.2, 0) is 6.54 Å². The van der Waals surface area contributed by atoms with Crippen LogP contribution in [0.5, 0.6) is 0 Å². The molecule has 0 saturated carbocycles. The third-order valence-corrected chi connectivity index (χ3v) is 6.17. The van der Waals surface area contributed by atoms with Gasteiger partial charge in [0.1, 0.15) is 9.85 Å². The SMILES string of the molecule is Clc1ccc2scnc2c1NCc1cc(Br)c(Cl)s1. The maximum atomic E-state index is 6.23. The van der Waals surface area contributed by atoms with E-state index in [4.69, 9.17) is 23.2 Å². The van der Waals surface area contributed by atoms with Gasteiger partial charge in [0.05, 0.1) is 20.9 Å². The van der Waals surface area contributed by atoms with Crippen LogP contribution in [0.3, 0.4) is 0 Å².